The number of allylic oxidation sites excluding steroid dienone is 1. The second-order valence-corrected chi connectivity index (χ2v) is 9.83. The summed E-state index contributed by atoms with van der Waals surface area (Å²) in [6, 6.07) is 29.9. The molecule has 0 unspecified atom stereocenters. The molecule has 6 nitrogen and oxygen atoms in total. The average molecular weight is 508 g/mol. The van der Waals surface area contributed by atoms with Gasteiger partial charge in [0.25, 0.3) is 0 Å². The van der Waals surface area contributed by atoms with Gasteiger partial charge >= 0.3 is 5.63 Å². The van der Waals surface area contributed by atoms with Crippen molar-refractivity contribution in [3.8, 4) is 0 Å². The minimum atomic E-state index is -2.17. The quantitative estimate of drug-likeness (QED) is 0.208. The molecule has 4 aromatic carbocycles. The van der Waals surface area contributed by atoms with Crippen LogP contribution in [-0.2, 0) is 5.41 Å². The third-order valence-electron chi connectivity index (χ3n) is 7.99. The Hall–Kier alpha value is -5.36. The first-order chi connectivity index (χ1) is 19.0. The van der Waals surface area contributed by atoms with Crippen LogP contribution in [0, 0.1) is 0 Å². The van der Waals surface area contributed by atoms with Gasteiger partial charge in [0.05, 0.1) is 22.5 Å². The molecule has 0 saturated heterocycles. The normalized spacial score (nSPS) is 16.5. The molecule has 0 bridgehead atoms. The summed E-state index contributed by atoms with van der Waals surface area (Å²) in [5, 5.41) is 0.551. The molecule has 184 valence electrons. The number of anilines is 2. The predicted octanol–water partition coefficient (Wildman–Crippen LogP) is 5.87. The van der Waals surface area contributed by atoms with Gasteiger partial charge in [0, 0.05) is 33.3 Å². The zero-order valence-electron chi connectivity index (χ0n) is 20.3. The van der Waals surface area contributed by atoms with Crippen molar-refractivity contribution >= 4 is 45.4 Å². The smallest absolute Gasteiger partial charge is 0.343 e. The lowest BCUT2D eigenvalue weighted by atomic mass is 9.66. The molecule has 0 radical (unpaired) electrons. The van der Waals surface area contributed by atoms with E-state index in [9.17, 15) is 19.2 Å². The minimum Gasteiger partial charge on any atom is -0.422 e. The van der Waals surface area contributed by atoms with E-state index < -0.39 is 28.4 Å². The largest absolute Gasteiger partial charge is 0.422 e. The molecule has 0 N–H and O–H groups in total. The van der Waals surface area contributed by atoms with E-state index in [-0.39, 0.29) is 22.3 Å². The van der Waals surface area contributed by atoms with Gasteiger partial charge in [-0.05, 0) is 24.3 Å². The lowest BCUT2D eigenvalue weighted by molar-refractivity contribution is 0.0798. The van der Waals surface area contributed by atoms with Crippen LogP contribution in [0.3, 0.4) is 0 Å². The van der Waals surface area contributed by atoms with Gasteiger partial charge in [-0.3, -0.25) is 14.4 Å². The number of ketones is 3. The number of carbonyl (C=O) groups excluding carboxylic acids is 3. The van der Waals surface area contributed by atoms with Crippen LogP contribution < -0.4 is 10.5 Å². The number of carbonyl (C=O) groups is 3. The van der Waals surface area contributed by atoms with Crippen LogP contribution in [0.5, 0.6) is 0 Å². The van der Waals surface area contributed by atoms with Gasteiger partial charge in [-0.1, -0.05) is 78.9 Å². The summed E-state index contributed by atoms with van der Waals surface area (Å²) in [6.45, 7) is 0. The van der Waals surface area contributed by atoms with Crippen molar-refractivity contribution in [2.45, 2.75) is 5.41 Å². The molecule has 0 amide bonds. The monoisotopic (exact) mass is 507 g/mol. The maximum Gasteiger partial charge on any atom is 0.343 e. The van der Waals surface area contributed by atoms with Crippen LogP contribution in [0.25, 0.3) is 16.7 Å². The number of benzene rings is 4. The maximum atomic E-state index is 14.5. The van der Waals surface area contributed by atoms with Gasteiger partial charge in [0.15, 0.2) is 22.8 Å². The summed E-state index contributed by atoms with van der Waals surface area (Å²) < 4.78 is 5.77. The first-order valence-corrected chi connectivity index (χ1v) is 12.5. The third kappa shape index (κ3) is 2.46. The van der Waals surface area contributed by atoms with Gasteiger partial charge in [-0.25, -0.2) is 4.79 Å². The van der Waals surface area contributed by atoms with E-state index >= 15 is 0 Å². The second-order valence-electron chi connectivity index (χ2n) is 9.83. The van der Waals surface area contributed by atoms with Crippen molar-refractivity contribution in [2.24, 2.45) is 0 Å². The van der Waals surface area contributed by atoms with E-state index in [1.54, 1.807) is 54.6 Å². The van der Waals surface area contributed by atoms with E-state index in [2.05, 4.69) is 0 Å². The van der Waals surface area contributed by atoms with E-state index in [0.29, 0.717) is 39.2 Å². The lowest BCUT2D eigenvalue weighted by Gasteiger charge is -2.40. The highest BCUT2D eigenvalue weighted by atomic mass is 16.4. The van der Waals surface area contributed by atoms with Crippen LogP contribution in [0.1, 0.15) is 42.2 Å². The Morgan fingerprint density at radius 2 is 1.15 bits per heavy atom. The fourth-order valence-corrected chi connectivity index (χ4v) is 6.45. The lowest BCUT2D eigenvalue weighted by Crippen LogP contribution is -2.50. The Labute approximate surface area is 221 Å². The van der Waals surface area contributed by atoms with Gasteiger partial charge in [-0.2, -0.15) is 0 Å². The molecule has 0 saturated carbocycles. The highest BCUT2D eigenvalue weighted by Crippen LogP contribution is 2.59. The van der Waals surface area contributed by atoms with Gasteiger partial charge in [-0.15, -0.1) is 0 Å². The maximum absolute atomic E-state index is 14.5. The molecular weight excluding hydrogens is 490 g/mol. The van der Waals surface area contributed by atoms with Crippen LogP contribution in [0.2, 0.25) is 0 Å². The number of hydrogen-bond acceptors (Lipinski definition) is 6. The summed E-state index contributed by atoms with van der Waals surface area (Å²) in [6.07, 6.45) is 0. The van der Waals surface area contributed by atoms with E-state index in [4.69, 9.17) is 4.42 Å². The zero-order chi connectivity index (χ0) is 26.5. The van der Waals surface area contributed by atoms with Crippen LogP contribution in [0.15, 0.2) is 118 Å². The predicted molar refractivity (Wildman–Crippen MR) is 146 cm³/mol. The molecule has 6 heteroatoms. The first kappa shape index (κ1) is 21.7. The van der Waals surface area contributed by atoms with Crippen molar-refractivity contribution < 1.29 is 18.8 Å². The summed E-state index contributed by atoms with van der Waals surface area (Å²) in [5.41, 5.74) is 0.00650. The highest BCUT2D eigenvalue weighted by molar-refractivity contribution is 6.43. The van der Waals surface area contributed by atoms with Gasteiger partial charge in [0.2, 0.25) is 0 Å². The number of nitrogens with zero attached hydrogens (tertiary/aromatic N) is 1. The van der Waals surface area contributed by atoms with Crippen molar-refractivity contribution in [3.63, 3.8) is 0 Å². The van der Waals surface area contributed by atoms with E-state index in [1.807, 2.05) is 53.4 Å². The number of fused-ring (bicyclic) bond motifs is 8. The molecule has 39 heavy (non-hydrogen) atoms. The summed E-state index contributed by atoms with van der Waals surface area (Å²) in [7, 11) is 0. The van der Waals surface area contributed by atoms with Gasteiger partial charge in [0.1, 0.15) is 5.58 Å². The summed E-state index contributed by atoms with van der Waals surface area (Å²) >= 11 is 0. The van der Waals surface area contributed by atoms with Crippen molar-refractivity contribution in [2.75, 3.05) is 4.90 Å². The molecule has 1 aliphatic heterocycles. The fraction of sp³-hybridized carbons (Fsp3) is 0.0303. The van der Waals surface area contributed by atoms with Crippen LogP contribution in [0.4, 0.5) is 11.4 Å². The SMILES string of the molecule is O=C1C2=C(c3ccccc31)N(c1ccccc1)c1c(c(=O)oc3ccccc13)C21C(=O)c2ccccc2C1=O. The molecule has 5 aromatic rings. The van der Waals surface area contributed by atoms with Crippen LogP contribution in [-0.4, -0.2) is 17.3 Å². The number of Topliss-reactive ketones (excluding diaryl/α,β-unsaturated/α-hetero) is 3. The van der Waals surface area contributed by atoms with Crippen molar-refractivity contribution in [3.05, 3.63) is 147 Å². The molecule has 2 heterocycles. The van der Waals surface area contributed by atoms with E-state index in [0.717, 1.165) is 0 Å². The molecule has 1 aromatic heterocycles. The Balaban J connectivity index is 1.64. The third-order valence-corrected chi connectivity index (χ3v) is 7.99. The average Bonchev–Trinajstić information content (AvgIpc) is 3.39. The molecule has 2 aliphatic carbocycles. The zero-order valence-corrected chi connectivity index (χ0v) is 20.3. The standard InChI is InChI=1S/C33H17NO5/c35-29-20-13-5-4-12-19(20)27-25(29)33(30(36)21-14-6-7-15-22(21)31(33)37)26-28(34(27)18-10-2-1-3-11-18)23-16-8-9-17-24(23)39-32(26)38/h1-17H. The Kier molecular flexibility index (Phi) is 4.09. The molecule has 0 fully saturated rings. The van der Waals surface area contributed by atoms with Crippen molar-refractivity contribution in [1.29, 1.82) is 0 Å². The second kappa shape index (κ2) is 7.36. The molecule has 1 spiro atoms. The minimum absolute atomic E-state index is 0.00571. The van der Waals surface area contributed by atoms with E-state index in [1.165, 1.54) is 0 Å². The molecule has 8 rings (SSSR count). The highest BCUT2D eigenvalue weighted by Gasteiger charge is 2.66. The number of para-hydroxylation sites is 2. The summed E-state index contributed by atoms with van der Waals surface area (Å²) in [5.74, 6) is -1.63. The Bertz CT molecular complexity index is 2020. The van der Waals surface area contributed by atoms with Crippen molar-refractivity contribution in [1.82, 2.24) is 0 Å². The molecule has 3 aliphatic rings. The Morgan fingerprint density at radius 1 is 0.590 bits per heavy atom. The summed E-state index contributed by atoms with van der Waals surface area (Å²) in [4.78, 5) is 59.1. The molecule has 0 atom stereocenters. The fourth-order valence-electron chi connectivity index (χ4n) is 6.45. The topological polar surface area (TPSA) is 84.7 Å². The number of hydrogen-bond donors (Lipinski definition) is 0. The van der Waals surface area contributed by atoms with Crippen LogP contribution >= 0.6 is 0 Å². The first-order valence-electron chi connectivity index (χ1n) is 12.5. The van der Waals surface area contributed by atoms with Gasteiger partial charge < -0.3 is 9.32 Å². The molecular formula is C33H17NO5. The Morgan fingerprint density at radius 3 is 1.85 bits per heavy atom. The number of rotatable bonds is 1.